The largest absolute Gasteiger partial charge is 0.496 e. The number of methoxy groups -OCH3 is 1. The van der Waals surface area contributed by atoms with E-state index in [4.69, 9.17) is 10.5 Å². The summed E-state index contributed by atoms with van der Waals surface area (Å²) in [4.78, 5) is 2.36. The molecule has 0 radical (unpaired) electrons. The van der Waals surface area contributed by atoms with Gasteiger partial charge in [0, 0.05) is 23.7 Å². The monoisotopic (exact) mass is 306 g/mol. The van der Waals surface area contributed by atoms with Gasteiger partial charge in [-0.05, 0) is 50.6 Å². The molecule has 0 saturated carbocycles. The molecule has 1 unspecified atom stereocenters. The quantitative estimate of drug-likeness (QED) is 0.786. The van der Waals surface area contributed by atoms with Crippen LogP contribution >= 0.6 is 11.8 Å². The van der Waals surface area contributed by atoms with Gasteiger partial charge in [-0.25, -0.2) is 0 Å². The Hall–Kier alpha value is -1.15. The maximum Gasteiger partial charge on any atom is 0.123 e. The highest BCUT2D eigenvalue weighted by molar-refractivity contribution is 7.98. The van der Waals surface area contributed by atoms with Crippen LogP contribution in [0.5, 0.6) is 5.75 Å². The molecule has 1 aromatic carbocycles. The van der Waals surface area contributed by atoms with Crippen LogP contribution in [-0.2, 0) is 6.54 Å². The molecule has 3 nitrogen and oxygen atoms in total. The smallest absolute Gasteiger partial charge is 0.123 e. The van der Waals surface area contributed by atoms with Crippen LogP contribution in [0.3, 0.4) is 0 Å². The van der Waals surface area contributed by atoms with Crippen LogP contribution in [-0.4, -0.2) is 43.7 Å². The van der Waals surface area contributed by atoms with Gasteiger partial charge in [-0.15, -0.1) is 0 Å². The minimum Gasteiger partial charge on any atom is -0.496 e. The Bertz CT molecular complexity index is 493. The molecule has 116 valence electrons. The highest BCUT2D eigenvalue weighted by atomic mass is 32.2. The predicted octanol–water partition coefficient (Wildman–Crippen LogP) is 2.58. The average molecular weight is 306 g/mol. The third kappa shape index (κ3) is 6.01. The molecule has 0 saturated heterocycles. The summed E-state index contributed by atoms with van der Waals surface area (Å²) in [5, 5.41) is 0. The van der Waals surface area contributed by atoms with E-state index in [1.165, 1.54) is 17.7 Å². The van der Waals surface area contributed by atoms with Crippen LogP contribution in [0, 0.1) is 11.8 Å². The van der Waals surface area contributed by atoms with E-state index in [2.05, 4.69) is 43.0 Å². The van der Waals surface area contributed by atoms with Gasteiger partial charge in [-0.3, -0.25) is 4.90 Å². The number of nitrogens with two attached hydrogens (primary N) is 1. The summed E-state index contributed by atoms with van der Waals surface area (Å²) >= 11 is 1.89. The number of nitrogens with zero attached hydrogens (tertiary/aromatic N) is 1. The summed E-state index contributed by atoms with van der Waals surface area (Å²) < 4.78 is 5.46. The Labute approximate surface area is 133 Å². The van der Waals surface area contributed by atoms with Crippen molar-refractivity contribution < 1.29 is 4.74 Å². The lowest BCUT2D eigenvalue weighted by Gasteiger charge is -2.25. The Balaban J connectivity index is 2.84. The number of rotatable bonds is 7. The molecular formula is C17H26N2OS. The summed E-state index contributed by atoms with van der Waals surface area (Å²) in [6.07, 6.45) is 3.34. The molecule has 1 atom stereocenters. The van der Waals surface area contributed by atoms with Crippen molar-refractivity contribution in [2.75, 3.05) is 32.7 Å². The van der Waals surface area contributed by atoms with Crippen molar-refractivity contribution in [2.45, 2.75) is 25.9 Å². The topological polar surface area (TPSA) is 38.5 Å². The van der Waals surface area contributed by atoms with Crippen molar-refractivity contribution in [1.29, 1.82) is 0 Å². The van der Waals surface area contributed by atoms with E-state index < -0.39 is 0 Å². The van der Waals surface area contributed by atoms with Crippen molar-refractivity contribution in [3.8, 4) is 17.6 Å². The lowest BCUT2D eigenvalue weighted by Crippen LogP contribution is -2.29. The van der Waals surface area contributed by atoms with E-state index in [0.717, 1.165) is 17.9 Å². The molecule has 0 heterocycles. The van der Waals surface area contributed by atoms with Crippen LogP contribution in [0.4, 0.5) is 0 Å². The van der Waals surface area contributed by atoms with Crippen molar-refractivity contribution in [1.82, 2.24) is 4.90 Å². The van der Waals surface area contributed by atoms with Gasteiger partial charge < -0.3 is 10.5 Å². The van der Waals surface area contributed by atoms with Gasteiger partial charge in [0.1, 0.15) is 5.75 Å². The number of hydrogen-bond acceptors (Lipinski definition) is 4. The predicted molar refractivity (Wildman–Crippen MR) is 92.9 cm³/mol. The second-order valence-electron chi connectivity index (χ2n) is 5.08. The molecule has 1 aromatic rings. The van der Waals surface area contributed by atoms with E-state index >= 15 is 0 Å². The fourth-order valence-electron chi connectivity index (χ4n) is 2.07. The molecule has 0 aliphatic rings. The summed E-state index contributed by atoms with van der Waals surface area (Å²) in [6.45, 7) is 3.50. The molecule has 21 heavy (non-hydrogen) atoms. The second-order valence-corrected chi connectivity index (χ2v) is 6.06. The summed E-state index contributed by atoms with van der Waals surface area (Å²) in [6, 6.07) is 6.60. The van der Waals surface area contributed by atoms with Crippen molar-refractivity contribution in [2.24, 2.45) is 5.73 Å². The van der Waals surface area contributed by atoms with Crippen LogP contribution in [0.2, 0.25) is 0 Å². The molecule has 0 aromatic heterocycles. The van der Waals surface area contributed by atoms with Crippen LogP contribution in [0.1, 0.15) is 24.5 Å². The number of thioether (sulfide) groups is 1. The van der Waals surface area contributed by atoms with Gasteiger partial charge in [0.25, 0.3) is 0 Å². The number of benzene rings is 1. The molecule has 4 heteroatoms. The van der Waals surface area contributed by atoms with Crippen molar-refractivity contribution in [3.63, 3.8) is 0 Å². The van der Waals surface area contributed by atoms with Gasteiger partial charge in [-0.1, -0.05) is 11.8 Å². The first-order valence-corrected chi connectivity index (χ1v) is 8.56. The van der Waals surface area contributed by atoms with E-state index in [1.807, 2.05) is 23.9 Å². The fraction of sp³-hybridized carbons (Fsp3) is 0.529. The zero-order valence-corrected chi connectivity index (χ0v) is 14.3. The Morgan fingerprint density at radius 3 is 2.81 bits per heavy atom. The first-order chi connectivity index (χ1) is 10.1. The third-order valence-corrected chi connectivity index (χ3v) is 4.17. The summed E-state index contributed by atoms with van der Waals surface area (Å²) in [5.41, 5.74) is 7.58. The maximum absolute atomic E-state index is 5.46. The van der Waals surface area contributed by atoms with Crippen LogP contribution in [0.25, 0.3) is 0 Å². The van der Waals surface area contributed by atoms with Crippen LogP contribution in [0.15, 0.2) is 18.2 Å². The molecule has 0 spiro atoms. The summed E-state index contributed by atoms with van der Waals surface area (Å²) in [7, 11) is 3.86. The highest BCUT2D eigenvalue weighted by Crippen LogP contribution is 2.22. The molecule has 2 N–H and O–H groups in total. The zero-order chi connectivity index (χ0) is 15.7. The molecule has 0 aliphatic heterocycles. The Morgan fingerprint density at radius 1 is 1.43 bits per heavy atom. The standard InChI is InChI=1S/C17H26N2OS/c1-14(9-11-21-4)19(2)13-16-12-15(6-5-10-18)7-8-17(16)20-3/h7-8,12,14H,9-11,13,18H2,1-4H3. The van der Waals surface area contributed by atoms with Gasteiger partial charge >= 0.3 is 0 Å². The molecule has 0 aliphatic carbocycles. The van der Waals surface area contributed by atoms with Crippen molar-refractivity contribution in [3.05, 3.63) is 29.3 Å². The molecule has 0 fully saturated rings. The van der Waals surface area contributed by atoms with E-state index in [1.54, 1.807) is 7.11 Å². The van der Waals surface area contributed by atoms with E-state index in [0.29, 0.717) is 12.6 Å². The molecule has 0 amide bonds. The SMILES string of the molecule is COc1ccc(C#CCN)cc1CN(C)C(C)CCSC. The normalized spacial score (nSPS) is 11.9. The number of ether oxygens (including phenoxy) is 1. The maximum atomic E-state index is 5.46. The van der Waals surface area contributed by atoms with Crippen molar-refractivity contribution >= 4 is 11.8 Å². The average Bonchev–Trinajstić information content (AvgIpc) is 2.50. The molecule has 1 rings (SSSR count). The fourth-order valence-corrected chi connectivity index (χ4v) is 2.64. The Kier molecular flexibility index (Phi) is 8.29. The van der Waals surface area contributed by atoms with Gasteiger partial charge in [0.15, 0.2) is 0 Å². The lowest BCUT2D eigenvalue weighted by molar-refractivity contribution is 0.241. The molecule has 0 bridgehead atoms. The first-order valence-electron chi connectivity index (χ1n) is 7.17. The number of hydrogen-bond donors (Lipinski definition) is 1. The van der Waals surface area contributed by atoms with Gasteiger partial charge in [0.2, 0.25) is 0 Å². The van der Waals surface area contributed by atoms with Gasteiger partial charge in [-0.2, -0.15) is 11.8 Å². The zero-order valence-electron chi connectivity index (χ0n) is 13.5. The highest BCUT2D eigenvalue weighted by Gasteiger charge is 2.12. The second kappa shape index (κ2) is 9.73. The third-order valence-electron chi connectivity index (χ3n) is 3.53. The summed E-state index contributed by atoms with van der Waals surface area (Å²) in [5.74, 6) is 8.07. The molecular weight excluding hydrogens is 280 g/mol. The minimum atomic E-state index is 0.382. The van der Waals surface area contributed by atoms with E-state index in [9.17, 15) is 0 Å². The lowest BCUT2D eigenvalue weighted by atomic mass is 10.1. The van der Waals surface area contributed by atoms with Gasteiger partial charge in [0.05, 0.1) is 13.7 Å². The minimum absolute atomic E-state index is 0.382. The Morgan fingerprint density at radius 2 is 2.19 bits per heavy atom. The first kappa shape index (κ1) is 17.9. The van der Waals surface area contributed by atoms with E-state index in [-0.39, 0.29) is 0 Å². The van der Waals surface area contributed by atoms with Crippen LogP contribution < -0.4 is 10.5 Å².